The van der Waals surface area contributed by atoms with Crippen LogP contribution in [-0.2, 0) is 20.7 Å². The minimum absolute atomic E-state index is 0.211. The Morgan fingerprint density at radius 3 is 2.39 bits per heavy atom. The molecule has 0 saturated carbocycles. The van der Waals surface area contributed by atoms with Gasteiger partial charge in [0, 0.05) is 12.5 Å². The molecule has 0 N–H and O–H groups in total. The largest absolute Gasteiger partial charge is 0.462 e. The van der Waals surface area contributed by atoms with Crippen molar-refractivity contribution in [3.63, 3.8) is 0 Å². The van der Waals surface area contributed by atoms with E-state index in [1.165, 1.54) is 0 Å². The number of ether oxygens (including phenoxy) is 2. The van der Waals surface area contributed by atoms with E-state index in [9.17, 15) is 9.59 Å². The third kappa shape index (κ3) is 5.23. The molecule has 0 bridgehead atoms. The summed E-state index contributed by atoms with van der Waals surface area (Å²) in [5.74, 6) is -0.782. The fourth-order valence-corrected chi connectivity index (χ4v) is 2.49. The molecule has 1 aromatic carbocycles. The second-order valence-corrected chi connectivity index (χ2v) is 5.41. The summed E-state index contributed by atoms with van der Waals surface area (Å²) in [4.78, 5) is 23.7. The molecule has 4 heteroatoms. The van der Waals surface area contributed by atoms with Crippen molar-refractivity contribution in [1.29, 1.82) is 0 Å². The van der Waals surface area contributed by atoms with E-state index in [4.69, 9.17) is 9.47 Å². The Morgan fingerprint density at radius 1 is 1.17 bits per heavy atom. The van der Waals surface area contributed by atoms with E-state index in [0.29, 0.717) is 24.8 Å². The summed E-state index contributed by atoms with van der Waals surface area (Å²) in [5.41, 5.74) is 0.944. The molecule has 0 spiro atoms. The molecule has 0 aliphatic carbocycles. The second kappa shape index (κ2) is 9.13. The highest BCUT2D eigenvalue weighted by atomic mass is 16.6. The molecule has 0 atom stereocenters. The summed E-state index contributed by atoms with van der Waals surface area (Å²) in [6.07, 6.45) is 3.72. The van der Waals surface area contributed by atoms with E-state index in [1.807, 2.05) is 39.0 Å². The SMILES string of the molecule is C=CC(=O)OC(CC)(CC)CCOC(=O)c1ccccc1CC. The highest BCUT2D eigenvalue weighted by molar-refractivity contribution is 5.91. The maximum atomic E-state index is 12.2. The summed E-state index contributed by atoms with van der Waals surface area (Å²) >= 11 is 0. The van der Waals surface area contributed by atoms with Crippen molar-refractivity contribution in [3.8, 4) is 0 Å². The first-order valence-electron chi connectivity index (χ1n) is 8.12. The van der Waals surface area contributed by atoms with E-state index < -0.39 is 11.6 Å². The lowest BCUT2D eigenvalue weighted by molar-refractivity contribution is -0.156. The van der Waals surface area contributed by atoms with Gasteiger partial charge in [0.15, 0.2) is 0 Å². The zero-order valence-electron chi connectivity index (χ0n) is 14.3. The molecule has 1 rings (SSSR count). The van der Waals surface area contributed by atoms with Crippen LogP contribution in [0.5, 0.6) is 0 Å². The molecule has 0 amide bonds. The molecule has 0 aliphatic heterocycles. The minimum atomic E-state index is -0.615. The smallest absolute Gasteiger partial charge is 0.338 e. The van der Waals surface area contributed by atoms with Crippen LogP contribution < -0.4 is 0 Å². The molecule has 0 fully saturated rings. The van der Waals surface area contributed by atoms with E-state index >= 15 is 0 Å². The molecule has 23 heavy (non-hydrogen) atoms. The maximum absolute atomic E-state index is 12.2. The topological polar surface area (TPSA) is 52.6 Å². The number of hydrogen-bond acceptors (Lipinski definition) is 4. The van der Waals surface area contributed by atoms with Gasteiger partial charge in [0.2, 0.25) is 0 Å². The number of rotatable bonds is 9. The van der Waals surface area contributed by atoms with Crippen LogP contribution >= 0.6 is 0 Å². The molecule has 0 saturated heterocycles. The van der Waals surface area contributed by atoms with Crippen molar-refractivity contribution in [3.05, 3.63) is 48.0 Å². The van der Waals surface area contributed by atoms with Crippen LogP contribution in [0, 0.1) is 0 Å². The highest BCUT2D eigenvalue weighted by Crippen LogP contribution is 2.25. The van der Waals surface area contributed by atoms with Crippen molar-refractivity contribution >= 4 is 11.9 Å². The zero-order chi connectivity index (χ0) is 17.3. The van der Waals surface area contributed by atoms with Crippen LogP contribution in [0.2, 0.25) is 0 Å². The molecular formula is C19H26O4. The van der Waals surface area contributed by atoms with E-state index in [0.717, 1.165) is 18.1 Å². The van der Waals surface area contributed by atoms with Crippen LogP contribution in [0.15, 0.2) is 36.9 Å². The lowest BCUT2D eigenvalue weighted by atomic mass is 9.93. The Bertz CT molecular complexity index is 544. The van der Waals surface area contributed by atoms with Crippen molar-refractivity contribution in [1.82, 2.24) is 0 Å². The lowest BCUT2D eigenvalue weighted by Crippen LogP contribution is -2.35. The van der Waals surface area contributed by atoms with Gasteiger partial charge in [-0.15, -0.1) is 0 Å². The van der Waals surface area contributed by atoms with Crippen LogP contribution in [0.25, 0.3) is 0 Å². The van der Waals surface area contributed by atoms with Gasteiger partial charge < -0.3 is 9.47 Å². The van der Waals surface area contributed by atoms with Crippen LogP contribution in [-0.4, -0.2) is 24.1 Å². The minimum Gasteiger partial charge on any atom is -0.462 e. The van der Waals surface area contributed by atoms with Crippen molar-refractivity contribution in [2.45, 2.75) is 52.1 Å². The van der Waals surface area contributed by atoms with Gasteiger partial charge in [0.05, 0.1) is 12.2 Å². The Hall–Kier alpha value is -2.10. The first-order valence-corrected chi connectivity index (χ1v) is 8.12. The van der Waals surface area contributed by atoms with Crippen LogP contribution in [0.3, 0.4) is 0 Å². The summed E-state index contributed by atoms with van der Waals surface area (Å²) < 4.78 is 10.9. The van der Waals surface area contributed by atoms with Gasteiger partial charge in [-0.25, -0.2) is 9.59 Å². The Kier molecular flexibility index (Phi) is 7.52. The third-order valence-electron chi connectivity index (χ3n) is 4.18. The molecule has 0 unspecified atom stereocenters. The van der Waals surface area contributed by atoms with E-state index in [1.54, 1.807) is 6.07 Å². The van der Waals surface area contributed by atoms with E-state index in [2.05, 4.69) is 6.58 Å². The zero-order valence-corrected chi connectivity index (χ0v) is 14.3. The van der Waals surface area contributed by atoms with Crippen molar-refractivity contribution < 1.29 is 19.1 Å². The van der Waals surface area contributed by atoms with Gasteiger partial charge in [-0.2, -0.15) is 0 Å². The molecule has 0 aromatic heterocycles. The Morgan fingerprint density at radius 2 is 1.83 bits per heavy atom. The molecule has 0 heterocycles. The quantitative estimate of drug-likeness (QED) is 0.508. The second-order valence-electron chi connectivity index (χ2n) is 5.41. The van der Waals surface area contributed by atoms with Gasteiger partial charge in [0.25, 0.3) is 0 Å². The summed E-state index contributed by atoms with van der Waals surface area (Å²) in [7, 11) is 0. The molecule has 1 aromatic rings. The fraction of sp³-hybridized carbons (Fsp3) is 0.474. The standard InChI is InChI=1S/C19H26O4/c1-5-15-11-9-10-12-16(15)18(21)22-14-13-19(7-3,8-4)23-17(20)6-2/h6,9-12H,2,5,7-8,13-14H2,1,3-4H3. The summed E-state index contributed by atoms with van der Waals surface area (Å²) in [5, 5.41) is 0. The normalized spacial score (nSPS) is 10.9. The van der Waals surface area contributed by atoms with Crippen molar-refractivity contribution in [2.24, 2.45) is 0 Å². The molecular weight excluding hydrogens is 292 g/mol. The predicted octanol–water partition coefficient (Wildman–Crippen LogP) is 4.08. The Labute approximate surface area is 138 Å². The van der Waals surface area contributed by atoms with Gasteiger partial charge in [-0.3, -0.25) is 0 Å². The summed E-state index contributed by atoms with van der Waals surface area (Å²) in [6, 6.07) is 7.42. The molecule has 4 nitrogen and oxygen atoms in total. The average molecular weight is 318 g/mol. The van der Waals surface area contributed by atoms with E-state index in [-0.39, 0.29) is 12.6 Å². The first-order chi connectivity index (χ1) is 11.0. The number of benzene rings is 1. The van der Waals surface area contributed by atoms with Gasteiger partial charge >= 0.3 is 11.9 Å². The van der Waals surface area contributed by atoms with Crippen LogP contribution in [0.1, 0.15) is 56.0 Å². The fourth-order valence-electron chi connectivity index (χ4n) is 2.49. The number of aryl methyl sites for hydroxylation is 1. The van der Waals surface area contributed by atoms with Crippen LogP contribution in [0.4, 0.5) is 0 Å². The Balaban J connectivity index is 2.67. The highest BCUT2D eigenvalue weighted by Gasteiger charge is 2.30. The summed E-state index contributed by atoms with van der Waals surface area (Å²) in [6.45, 7) is 9.54. The van der Waals surface area contributed by atoms with Crippen molar-refractivity contribution in [2.75, 3.05) is 6.61 Å². The number of esters is 2. The lowest BCUT2D eigenvalue weighted by Gasteiger charge is -2.30. The van der Waals surface area contributed by atoms with Gasteiger partial charge in [0.1, 0.15) is 5.60 Å². The maximum Gasteiger partial charge on any atom is 0.338 e. The number of carbonyl (C=O) groups is 2. The molecule has 126 valence electrons. The number of hydrogen-bond donors (Lipinski definition) is 0. The molecule has 0 aliphatic rings. The average Bonchev–Trinajstić information content (AvgIpc) is 2.60. The first kappa shape index (κ1) is 18.9. The monoisotopic (exact) mass is 318 g/mol. The van der Waals surface area contributed by atoms with Gasteiger partial charge in [-0.05, 0) is 30.9 Å². The number of carbonyl (C=O) groups excluding carboxylic acids is 2. The van der Waals surface area contributed by atoms with Gasteiger partial charge in [-0.1, -0.05) is 45.5 Å². The molecule has 0 radical (unpaired) electrons. The third-order valence-corrected chi connectivity index (χ3v) is 4.18. The predicted molar refractivity (Wildman–Crippen MR) is 90.3 cm³/mol.